The van der Waals surface area contributed by atoms with E-state index in [9.17, 15) is 4.79 Å². The summed E-state index contributed by atoms with van der Waals surface area (Å²) in [5.74, 6) is -0.101. The fourth-order valence-electron chi connectivity index (χ4n) is 3.39. The maximum atomic E-state index is 12.8. The van der Waals surface area contributed by atoms with Crippen LogP contribution in [0.1, 0.15) is 21.6 Å². The predicted molar refractivity (Wildman–Crippen MR) is 95.3 cm³/mol. The quantitative estimate of drug-likeness (QED) is 0.710. The first kappa shape index (κ1) is 15.9. The van der Waals surface area contributed by atoms with Crippen LogP contribution in [0.3, 0.4) is 0 Å². The molecule has 1 amide bonds. The normalized spacial score (nSPS) is 13.8. The minimum Gasteiger partial charge on any atom is -0.332 e. The molecule has 3 heterocycles. The molecule has 0 bridgehead atoms. The van der Waals surface area contributed by atoms with Crippen molar-refractivity contribution in [1.82, 2.24) is 24.5 Å². The Labute approximate surface area is 150 Å². The third kappa shape index (κ3) is 2.62. The number of aryl methyl sites for hydroxylation is 2. The molecule has 128 valence electrons. The number of rotatable bonds is 2. The molecule has 4 rings (SSSR count). The van der Waals surface area contributed by atoms with E-state index in [1.165, 1.54) is 16.4 Å². The molecule has 1 aliphatic heterocycles. The van der Waals surface area contributed by atoms with Gasteiger partial charge in [-0.15, -0.1) is 0 Å². The van der Waals surface area contributed by atoms with Crippen LogP contribution in [0.15, 0.2) is 36.5 Å². The summed E-state index contributed by atoms with van der Waals surface area (Å²) >= 11 is 6.17. The number of benzene rings is 1. The van der Waals surface area contributed by atoms with Crippen molar-refractivity contribution in [3.8, 4) is 11.3 Å². The van der Waals surface area contributed by atoms with Crippen LogP contribution in [-0.2, 0) is 27.1 Å². The summed E-state index contributed by atoms with van der Waals surface area (Å²) in [5, 5.41) is 9.06. The summed E-state index contributed by atoms with van der Waals surface area (Å²) < 4.78 is 3.41. The van der Waals surface area contributed by atoms with Crippen LogP contribution in [-0.4, -0.2) is 36.9 Å². The van der Waals surface area contributed by atoms with Crippen molar-refractivity contribution in [3.05, 3.63) is 58.5 Å². The number of carbonyl (C=O) groups excluding carboxylic acids is 1. The van der Waals surface area contributed by atoms with Crippen LogP contribution in [0.2, 0.25) is 5.15 Å². The highest BCUT2D eigenvalue weighted by atomic mass is 35.5. The Hall–Kier alpha value is -2.60. The zero-order chi connectivity index (χ0) is 17.6. The lowest BCUT2D eigenvalue weighted by molar-refractivity contribution is 0.0732. The van der Waals surface area contributed by atoms with Gasteiger partial charge >= 0.3 is 0 Å². The van der Waals surface area contributed by atoms with Crippen molar-refractivity contribution in [1.29, 1.82) is 0 Å². The van der Waals surface area contributed by atoms with Gasteiger partial charge in [-0.2, -0.15) is 10.2 Å². The molecular weight excluding hydrogens is 338 g/mol. The fourth-order valence-corrected chi connectivity index (χ4v) is 3.56. The summed E-state index contributed by atoms with van der Waals surface area (Å²) in [5.41, 5.74) is 4.87. The van der Waals surface area contributed by atoms with Crippen LogP contribution in [0.4, 0.5) is 0 Å². The zero-order valence-corrected chi connectivity index (χ0v) is 14.9. The molecule has 0 aliphatic carbocycles. The van der Waals surface area contributed by atoms with Gasteiger partial charge in [0.25, 0.3) is 5.91 Å². The topological polar surface area (TPSA) is 56.0 Å². The van der Waals surface area contributed by atoms with Gasteiger partial charge in [0.05, 0.1) is 29.7 Å². The number of hydrogen-bond donors (Lipinski definition) is 0. The second-order valence-corrected chi connectivity index (χ2v) is 6.57. The summed E-state index contributed by atoms with van der Waals surface area (Å²) in [7, 11) is 3.67. The average Bonchev–Trinajstić information content (AvgIpc) is 3.13. The molecule has 6 nitrogen and oxygen atoms in total. The Kier molecular flexibility index (Phi) is 3.84. The van der Waals surface area contributed by atoms with Gasteiger partial charge in [0.1, 0.15) is 5.15 Å². The third-order valence-corrected chi connectivity index (χ3v) is 5.08. The summed E-state index contributed by atoms with van der Waals surface area (Å²) in [6.45, 7) is 1.13. The second-order valence-electron chi connectivity index (χ2n) is 6.21. The monoisotopic (exact) mass is 355 g/mol. The van der Waals surface area contributed by atoms with E-state index >= 15 is 0 Å². The molecule has 0 atom stereocenters. The highest BCUT2D eigenvalue weighted by Crippen LogP contribution is 2.30. The first-order valence-corrected chi connectivity index (χ1v) is 8.51. The van der Waals surface area contributed by atoms with Crippen molar-refractivity contribution in [2.75, 3.05) is 6.54 Å². The van der Waals surface area contributed by atoms with Gasteiger partial charge in [-0.25, -0.2) is 0 Å². The summed E-state index contributed by atoms with van der Waals surface area (Å²) in [6.07, 6.45) is 2.30. The number of hydrogen-bond acceptors (Lipinski definition) is 3. The number of carbonyl (C=O) groups is 1. The van der Waals surface area contributed by atoms with Crippen molar-refractivity contribution in [3.63, 3.8) is 0 Å². The number of amides is 1. The molecule has 0 fully saturated rings. The Balaban J connectivity index is 1.65. The van der Waals surface area contributed by atoms with Gasteiger partial charge in [-0.3, -0.25) is 14.2 Å². The molecule has 0 unspecified atom stereocenters. The molecule has 0 saturated carbocycles. The minimum absolute atomic E-state index is 0.101. The average molecular weight is 356 g/mol. The molecule has 1 aliphatic rings. The van der Waals surface area contributed by atoms with E-state index in [0.29, 0.717) is 23.8 Å². The molecule has 0 radical (unpaired) electrons. The molecule has 0 N–H and O–H groups in total. The maximum absolute atomic E-state index is 12.8. The van der Waals surface area contributed by atoms with E-state index in [-0.39, 0.29) is 5.91 Å². The summed E-state index contributed by atoms with van der Waals surface area (Å²) in [6, 6.07) is 10.2. The van der Waals surface area contributed by atoms with E-state index in [2.05, 4.69) is 22.3 Å². The first-order valence-electron chi connectivity index (χ1n) is 8.13. The SMILES string of the molecule is Cn1ncc(C(=O)N2CCc3c(nn(C)c3-c3ccccc3)C2)c1Cl. The van der Waals surface area contributed by atoms with Crippen molar-refractivity contribution < 1.29 is 4.79 Å². The number of fused-ring (bicyclic) bond motifs is 1. The molecule has 3 aromatic rings. The molecule has 7 heteroatoms. The largest absolute Gasteiger partial charge is 0.332 e. The van der Waals surface area contributed by atoms with E-state index in [0.717, 1.165) is 23.4 Å². The Morgan fingerprint density at radius 2 is 1.92 bits per heavy atom. The first-order chi connectivity index (χ1) is 12.1. The van der Waals surface area contributed by atoms with Gasteiger partial charge < -0.3 is 4.90 Å². The summed E-state index contributed by atoms with van der Waals surface area (Å²) in [4.78, 5) is 14.5. The van der Waals surface area contributed by atoms with Gasteiger partial charge in [0, 0.05) is 31.8 Å². The Morgan fingerprint density at radius 1 is 1.16 bits per heavy atom. The van der Waals surface area contributed by atoms with Crippen LogP contribution >= 0.6 is 11.6 Å². The highest BCUT2D eigenvalue weighted by Gasteiger charge is 2.29. The number of halogens is 1. The fraction of sp³-hybridized carbons (Fsp3) is 0.278. The molecule has 25 heavy (non-hydrogen) atoms. The van der Waals surface area contributed by atoms with Gasteiger partial charge in [-0.05, 0) is 6.42 Å². The molecule has 0 spiro atoms. The van der Waals surface area contributed by atoms with E-state index < -0.39 is 0 Å². The number of aromatic nitrogens is 4. The van der Waals surface area contributed by atoms with E-state index in [4.69, 9.17) is 11.6 Å². The predicted octanol–water partition coefficient (Wildman–Crippen LogP) is 2.67. The van der Waals surface area contributed by atoms with E-state index in [1.807, 2.05) is 29.9 Å². The van der Waals surface area contributed by atoms with Crippen LogP contribution in [0.25, 0.3) is 11.3 Å². The highest BCUT2D eigenvalue weighted by molar-refractivity contribution is 6.32. The van der Waals surface area contributed by atoms with Crippen molar-refractivity contribution in [2.45, 2.75) is 13.0 Å². The molecule has 2 aromatic heterocycles. The third-order valence-electron chi connectivity index (χ3n) is 4.63. The molecule has 0 saturated heterocycles. The van der Waals surface area contributed by atoms with Gasteiger partial charge in [-0.1, -0.05) is 41.9 Å². The molecule has 1 aromatic carbocycles. The maximum Gasteiger partial charge on any atom is 0.258 e. The lowest BCUT2D eigenvalue weighted by Crippen LogP contribution is -2.36. The van der Waals surface area contributed by atoms with Crippen molar-refractivity contribution >= 4 is 17.5 Å². The Bertz CT molecular complexity index is 944. The van der Waals surface area contributed by atoms with Crippen LogP contribution in [0.5, 0.6) is 0 Å². The van der Waals surface area contributed by atoms with Crippen LogP contribution < -0.4 is 0 Å². The van der Waals surface area contributed by atoms with E-state index in [1.54, 1.807) is 11.9 Å². The standard InChI is InChI=1S/C18H18ClN5O/c1-22-16(12-6-4-3-5-7-12)13-8-9-24(11-15(13)21-22)18(25)14-10-20-23(2)17(14)19/h3-7,10H,8-9,11H2,1-2H3. The Morgan fingerprint density at radius 3 is 2.60 bits per heavy atom. The van der Waals surface area contributed by atoms with Crippen LogP contribution in [0, 0.1) is 0 Å². The zero-order valence-electron chi connectivity index (χ0n) is 14.1. The minimum atomic E-state index is -0.101. The number of nitrogens with zero attached hydrogens (tertiary/aromatic N) is 5. The van der Waals surface area contributed by atoms with Gasteiger partial charge in [0.15, 0.2) is 0 Å². The second kappa shape index (κ2) is 6.04. The van der Waals surface area contributed by atoms with Crippen molar-refractivity contribution in [2.24, 2.45) is 14.1 Å². The van der Waals surface area contributed by atoms with Gasteiger partial charge in [0.2, 0.25) is 0 Å². The molecular formula is C18H18ClN5O. The lowest BCUT2D eigenvalue weighted by Gasteiger charge is -2.26. The lowest BCUT2D eigenvalue weighted by atomic mass is 9.99. The smallest absolute Gasteiger partial charge is 0.258 e.